The highest BCUT2D eigenvalue weighted by atomic mass is 16.1. The molecule has 1 heterocycles. The Morgan fingerprint density at radius 2 is 2.10 bits per heavy atom. The number of carbonyl (C=O) groups excluding carboxylic acids is 1. The lowest BCUT2D eigenvalue weighted by molar-refractivity contribution is 0.0936. The molecule has 1 aliphatic carbocycles. The standard InChI is InChI=1S/C18H22N2O/c1-4-15-11(2)17(14-7-5-6-8-16(14)20-15)18(21)19-12(3)13-9-10-13/h5-8,12-13H,4,9-10H2,1-3H3,(H,19,21). The minimum Gasteiger partial charge on any atom is -0.349 e. The average molecular weight is 282 g/mol. The molecule has 0 saturated heterocycles. The molecular weight excluding hydrogens is 260 g/mol. The van der Waals surface area contributed by atoms with Crippen molar-refractivity contribution in [2.24, 2.45) is 5.92 Å². The highest BCUT2D eigenvalue weighted by Gasteiger charge is 2.30. The van der Waals surface area contributed by atoms with Crippen LogP contribution in [0, 0.1) is 12.8 Å². The van der Waals surface area contributed by atoms with E-state index in [9.17, 15) is 4.79 Å². The Bertz CT molecular complexity index is 689. The normalized spacial score (nSPS) is 16.0. The molecule has 1 atom stereocenters. The minimum absolute atomic E-state index is 0.0419. The molecule has 1 unspecified atom stereocenters. The van der Waals surface area contributed by atoms with Crippen molar-refractivity contribution in [1.29, 1.82) is 0 Å². The van der Waals surface area contributed by atoms with Gasteiger partial charge in [0, 0.05) is 17.1 Å². The van der Waals surface area contributed by atoms with E-state index >= 15 is 0 Å². The number of benzene rings is 1. The zero-order chi connectivity index (χ0) is 15.0. The van der Waals surface area contributed by atoms with Gasteiger partial charge in [0.05, 0.1) is 11.1 Å². The molecule has 0 radical (unpaired) electrons. The number of fused-ring (bicyclic) bond motifs is 1. The van der Waals surface area contributed by atoms with Crippen molar-refractivity contribution in [2.45, 2.75) is 46.1 Å². The molecule has 1 N–H and O–H groups in total. The molecule has 3 heteroatoms. The number of hydrogen-bond donors (Lipinski definition) is 1. The number of nitrogens with one attached hydrogen (secondary N) is 1. The van der Waals surface area contributed by atoms with Gasteiger partial charge >= 0.3 is 0 Å². The van der Waals surface area contributed by atoms with Gasteiger partial charge < -0.3 is 5.32 Å². The van der Waals surface area contributed by atoms with Gasteiger partial charge in [-0.1, -0.05) is 25.1 Å². The molecule has 21 heavy (non-hydrogen) atoms. The first-order valence-corrected chi connectivity index (χ1v) is 7.81. The first-order chi connectivity index (χ1) is 10.1. The zero-order valence-corrected chi connectivity index (χ0v) is 12.9. The third-order valence-electron chi connectivity index (χ3n) is 4.49. The van der Waals surface area contributed by atoms with Crippen molar-refractivity contribution in [3.8, 4) is 0 Å². The van der Waals surface area contributed by atoms with Crippen molar-refractivity contribution < 1.29 is 4.79 Å². The Balaban J connectivity index is 2.06. The number of nitrogens with zero attached hydrogens (tertiary/aromatic N) is 1. The number of para-hydroxylation sites is 1. The fourth-order valence-corrected chi connectivity index (χ4v) is 2.99. The van der Waals surface area contributed by atoms with Gasteiger partial charge in [-0.15, -0.1) is 0 Å². The fourth-order valence-electron chi connectivity index (χ4n) is 2.99. The van der Waals surface area contributed by atoms with E-state index in [1.165, 1.54) is 12.8 Å². The Hall–Kier alpha value is -1.90. The molecule has 1 saturated carbocycles. The average Bonchev–Trinajstić information content (AvgIpc) is 3.31. The van der Waals surface area contributed by atoms with E-state index in [0.29, 0.717) is 5.92 Å². The number of amides is 1. The molecule has 1 fully saturated rings. The van der Waals surface area contributed by atoms with E-state index in [-0.39, 0.29) is 11.9 Å². The molecule has 2 aromatic rings. The van der Waals surface area contributed by atoms with Crippen molar-refractivity contribution in [3.63, 3.8) is 0 Å². The van der Waals surface area contributed by atoms with Crippen LogP contribution in [-0.4, -0.2) is 16.9 Å². The lowest BCUT2D eigenvalue weighted by Gasteiger charge is -2.17. The lowest BCUT2D eigenvalue weighted by Crippen LogP contribution is -2.34. The SMILES string of the molecule is CCc1nc2ccccc2c(C(=O)NC(C)C2CC2)c1C. The zero-order valence-electron chi connectivity index (χ0n) is 12.9. The number of rotatable bonds is 4. The van der Waals surface area contributed by atoms with Crippen LogP contribution in [0.5, 0.6) is 0 Å². The molecule has 0 spiro atoms. The van der Waals surface area contributed by atoms with Gasteiger partial charge in [0.25, 0.3) is 5.91 Å². The quantitative estimate of drug-likeness (QED) is 0.930. The molecule has 1 aromatic carbocycles. The van der Waals surface area contributed by atoms with E-state index in [0.717, 1.165) is 34.1 Å². The van der Waals surface area contributed by atoms with E-state index in [4.69, 9.17) is 0 Å². The summed E-state index contributed by atoms with van der Waals surface area (Å²) in [6.45, 7) is 6.20. The lowest BCUT2D eigenvalue weighted by atomic mass is 9.99. The van der Waals surface area contributed by atoms with Crippen molar-refractivity contribution >= 4 is 16.8 Å². The van der Waals surface area contributed by atoms with Crippen LogP contribution in [0.4, 0.5) is 0 Å². The van der Waals surface area contributed by atoms with Crippen molar-refractivity contribution in [2.75, 3.05) is 0 Å². The van der Waals surface area contributed by atoms with Crippen LogP contribution < -0.4 is 5.32 Å². The van der Waals surface area contributed by atoms with Crippen LogP contribution in [0.25, 0.3) is 10.9 Å². The van der Waals surface area contributed by atoms with E-state index in [2.05, 4.69) is 24.1 Å². The van der Waals surface area contributed by atoms with Crippen molar-refractivity contribution in [3.05, 3.63) is 41.1 Å². The molecule has 0 bridgehead atoms. The monoisotopic (exact) mass is 282 g/mol. The van der Waals surface area contributed by atoms with Gasteiger partial charge in [-0.3, -0.25) is 9.78 Å². The minimum atomic E-state index is 0.0419. The molecule has 1 amide bonds. The Labute approximate surface area is 125 Å². The van der Waals surface area contributed by atoms with E-state index < -0.39 is 0 Å². The van der Waals surface area contributed by atoms with Gasteiger partial charge in [0.1, 0.15) is 0 Å². The highest BCUT2D eigenvalue weighted by Crippen LogP contribution is 2.33. The summed E-state index contributed by atoms with van der Waals surface area (Å²) in [4.78, 5) is 17.4. The van der Waals surface area contributed by atoms with Crippen LogP contribution in [0.15, 0.2) is 24.3 Å². The molecule has 1 aromatic heterocycles. The van der Waals surface area contributed by atoms with Gasteiger partial charge in [0.2, 0.25) is 0 Å². The smallest absolute Gasteiger partial charge is 0.252 e. The third-order valence-corrected chi connectivity index (χ3v) is 4.49. The second-order valence-electron chi connectivity index (χ2n) is 6.03. The molecule has 0 aliphatic heterocycles. The second-order valence-corrected chi connectivity index (χ2v) is 6.03. The number of hydrogen-bond acceptors (Lipinski definition) is 2. The molecule has 110 valence electrons. The topological polar surface area (TPSA) is 42.0 Å². The highest BCUT2D eigenvalue weighted by molar-refractivity contribution is 6.07. The number of aryl methyl sites for hydroxylation is 1. The predicted molar refractivity (Wildman–Crippen MR) is 85.5 cm³/mol. The third kappa shape index (κ3) is 2.65. The first-order valence-electron chi connectivity index (χ1n) is 7.81. The number of aromatic nitrogens is 1. The van der Waals surface area contributed by atoms with Crippen LogP contribution in [-0.2, 0) is 6.42 Å². The maximum atomic E-state index is 12.8. The first kappa shape index (κ1) is 14.1. The number of pyridine rings is 1. The van der Waals surface area contributed by atoms with Crippen LogP contribution in [0.3, 0.4) is 0 Å². The summed E-state index contributed by atoms with van der Waals surface area (Å²) in [5, 5.41) is 4.13. The van der Waals surface area contributed by atoms with Gasteiger partial charge in [-0.25, -0.2) is 0 Å². The van der Waals surface area contributed by atoms with Crippen molar-refractivity contribution in [1.82, 2.24) is 10.3 Å². The van der Waals surface area contributed by atoms with Crippen LogP contribution >= 0.6 is 0 Å². The predicted octanol–water partition coefficient (Wildman–Crippen LogP) is 3.63. The number of carbonyl (C=O) groups is 1. The maximum Gasteiger partial charge on any atom is 0.252 e. The van der Waals surface area contributed by atoms with Crippen LogP contribution in [0.2, 0.25) is 0 Å². The van der Waals surface area contributed by atoms with Crippen LogP contribution in [0.1, 0.15) is 48.3 Å². The summed E-state index contributed by atoms with van der Waals surface area (Å²) >= 11 is 0. The molecule has 3 nitrogen and oxygen atoms in total. The van der Waals surface area contributed by atoms with Gasteiger partial charge in [0.15, 0.2) is 0 Å². The summed E-state index contributed by atoms with van der Waals surface area (Å²) in [7, 11) is 0. The summed E-state index contributed by atoms with van der Waals surface area (Å²) in [6.07, 6.45) is 3.31. The second kappa shape index (κ2) is 5.47. The molecular formula is C18H22N2O. The maximum absolute atomic E-state index is 12.8. The Morgan fingerprint density at radius 1 is 1.38 bits per heavy atom. The fraction of sp³-hybridized carbons (Fsp3) is 0.444. The molecule has 3 rings (SSSR count). The Morgan fingerprint density at radius 3 is 2.76 bits per heavy atom. The summed E-state index contributed by atoms with van der Waals surface area (Å²) in [5.41, 5.74) is 3.73. The van der Waals surface area contributed by atoms with E-state index in [1.54, 1.807) is 0 Å². The largest absolute Gasteiger partial charge is 0.349 e. The van der Waals surface area contributed by atoms with Gasteiger partial charge in [-0.05, 0) is 50.7 Å². The summed E-state index contributed by atoms with van der Waals surface area (Å²) < 4.78 is 0. The van der Waals surface area contributed by atoms with E-state index in [1.807, 2.05) is 31.2 Å². The summed E-state index contributed by atoms with van der Waals surface area (Å²) in [5.74, 6) is 0.702. The Kier molecular flexibility index (Phi) is 3.66. The van der Waals surface area contributed by atoms with Gasteiger partial charge in [-0.2, -0.15) is 0 Å². The molecule has 1 aliphatic rings. The summed E-state index contributed by atoms with van der Waals surface area (Å²) in [6, 6.07) is 8.17.